The Hall–Kier alpha value is -1.97. The summed E-state index contributed by atoms with van der Waals surface area (Å²) < 4.78 is 0. The van der Waals surface area contributed by atoms with Crippen molar-refractivity contribution in [1.82, 2.24) is 0 Å². The quantitative estimate of drug-likeness (QED) is 0.886. The second-order valence-corrected chi connectivity index (χ2v) is 5.76. The molecule has 1 fully saturated rings. The van der Waals surface area contributed by atoms with Gasteiger partial charge in [-0.2, -0.15) is 0 Å². The van der Waals surface area contributed by atoms with Crippen LogP contribution in [0.3, 0.4) is 0 Å². The Morgan fingerprint density at radius 1 is 1.21 bits per heavy atom. The maximum atomic E-state index is 11.7. The topological polar surface area (TPSA) is 66.7 Å². The summed E-state index contributed by atoms with van der Waals surface area (Å²) in [6.45, 7) is 4.13. The van der Waals surface area contributed by atoms with Crippen LogP contribution >= 0.6 is 0 Å². The van der Waals surface area contributed by atoms with Crippen molar-refractivity contribution in [2.24, 2.45) is 10.4 Å². The normalized spacial score (nSPS) is 20.5. The highest BCUT2D eigenvalue weighted by Crippen LogP contribution is 2.32. The van der Waals surface area contributed by atoms with Crippen LogP contribution in [0.25, 0.3) is 0 Å². The zero-order valence-electron chi connectivity index (χ0n) is 11.1. The predicted octanol–water partition coefficient (Wildman–Crippen LogP) is 3.24. The number of Topliss-reactive ketones (excluding diaryl/α,β-unsaturated/α-hetero) is 1. The highest BCUT2D eigenvalue weighted by atomic mass is 16.4. The van der Waals surface area contributed by atoms with Crippen molar-refractivity contribution in [2.75, 3.05) is 0 Å². The van der Waals surface area contributed by atoms with E-state index in [0.29, 0.717) is 18.5 Å². The Morgan fingerprint density at radius 2 is 1.84 bits per heavy atom. The summed E-state index contributed by atoms with van der Waals surface area (Å²) in [4.78, 5) is 26.9. The van der Waals surface area contributed by atoms with E-state index in [1.807, 2.05) is 0 Å². The molecule has 1 N–H and O–H groups in total. The number of aromatic carboxylic acids is 1. The zero-order valence-corrected chi connectivity index (χ0v) is 11.1. The van der Waals surface area contributed by atoms with E-state index in [-0.39, 0.29) is 16.8 Å². The van der Waals surface area contributed by atoms with Crippen LogP contribution < -0.4 is 0 Å². The number of benzene rings is 1. The van der Waals surface area contributed by atoms with Crippen LogP contribution in [0.15, 0.2) is 29.3 Å². The van der Waals surface area contributed by atoms with Gasteiger partial charge in [-0.1, -0.05) is 13.8 Å². The molecule has 0 aromatic heterocycles. The number of nitrogens with zero attached hydrogens (tertiary/aromatic N) is 1. The van der Waals surface area contributed by atoms with Crippen molar-refractivity contribution in [3.05, 3.63) is 29.8 Å². The first-order valence-corrected chi connectivity index (χ1v) is 6.27. The van der Waals surface area contributed by atoms with Crippen molar-refractivity contribution in [2.45, 2.75) is 33.1 Å². The lowest BCUT2D eigenvalue weighted by molar-refractivity contribution is -0.120. The third-order valence-electron chi connectivity index (χ3n) is 3.16. The number of carboxylic acids is 1. The van der Waals surface area contributed by atoms with Gasteiger partial charge in [0.2, 0.25) is 0 Å². The molecular formula is C15H17NO3. The number of carbonyl (C=O) groups excluding carboxylic acids is 1. The molecule has 1 aliphatic rings. The van der Waals surface area contributed by atoms with E-state index in [2.05, 4.69) is 18.8 Å². The fourth-order valence-corrected chi connectivity index (χ4v) is 2.44. The highest BCUT2D eigenvalue weighted by molar-refractivity contribution is 6.05. The fourth-order valence-electron chi connectivity index (χ4n) is 2.44. The lowest BCUT2D eigenvalue weighted by atomic mass is 9.76. The van der Waals surface area contributed by atoms with Gasteiger partial charge in [0, 0.05) is 18.6 Å². The Balaban J connectivity index is 2.21. The smallest absolute Gasteiger partial charge is 0.335 e. The summed E-state index contributed by atoms with van der Waals surface area (Å²) in [5.41, 5.74) is 1.79. The first-order chi connectivity index (χ1) is 8.85. The SMILES string of the molecule is CC1(C)CC(=O)CC(=Nc2ccc(C(=O)O)cc2)C1. The Kier molecular flexibility index (Phi) is 3.51. The average Bonchev–Trinajstić information content (AvgIpc) is 2.26. The second kappa shape index (κ2) is 4.96. The largest absolute Gasteiger partial charge is 0.478 e. The lowest BCUT2D eigenvalue weighted by Crippen LogP contribution is -2.28. The number of aliphatic imine (C=N–C) groups is 1. The van der Waals surface area contributed by atoms with E-state index in [9.17, 15) is 9.59 Å². The van der Waals surface area contributed by atoms with Gasteiger partial charge in [0.1, 0.15) is 5.78 Å². The molecule has 0 saturated heterocycles. The molecule has 0 unspecified atom stereocenters. The van der Waals surface area contributed by atoms with E-state index in [1.165, 1.54) is 12.1 Å². The van der Waals surface area contributed by atoms with Gasteiger partial charge in [-0.25, -0.2) is 4.79 Å². The van der Waals surface area contributed by atoms with E-state index < -0.39 is 5.97 Å². The summed E-state index contributed by atoms with van der Waals surface area (Å²) in [5, 5.41) is 8.82. The van der Waals surface area contributed by atoms with Crippen LogP contribution in [-0.2, 0) is 4.79 Å². The van der Waals surface area contributed by atoms with Crippen LogP contribution in [-0.4, -0.2) is 22.6 Å². The summed E-state index contributed by atoms with van der Waals surface area (Å²) in [5.74, 6) is -0.731. The van der Waals surface area contributed by atoms with Gasteiger partial charge in [-0.3, -0.25) is 9.79 Å². The monoisotopic (exact) mass is 259 g/mol. The van der Waals surface area contributed by atoms with Crippen LogP contribution in [0.5, 0.6) is 0 Å². The summed E-state index contributed by atoms with van der Waals surface area (Å²) in [6.07, 6.45) is 1.81. The fraction of sp³-hybridized carbons (Fsp3) is 0.400. The minimum Gasteiger partial charge on any atom is -0.478 e. The van der Waals surface area contributed by atoms with Gasteiger partial charge in [-0.15, -0.1) is 0 Å². The Bertz CT molecular complexity index is 541. The predicted molar refractivity (Wildman–Crippen MR) is 73.1 cm³/mol. The molecule has 0 spiro atoms. The number of rotatable bonds is 2. The van der Waals surface area contributed by atoms with Crippen LogP contribution in [0.4, 0.5) is 5.69 Å². The molecule has 19 heavy (non-hydrogen) atoms. The van der Waals surface area contributed by atoms with E-state index >= 15 is 0 Å². The average molecular weight is 259 g/mol. The third kappa shape index (κ3) is 3.50. The van der Waals surface area contributed by atoms with E-state index in [4.69, 9.17) is 5.11 Å². The van der Waals surface area contributed by atoms with E-state index in [1.54, 1.807) is 12.1 Å². The second-order valence-electron chi connectivity index (χ2n) is 5.76. The van der Waals surface area contributed by atoms with Crippen molar-refractivity contribution in [3.8, 4) is 0 Å². The van der Waals surface area contributed by atoms with Crippen molar-refractivity contribution in [3.63, 3.8) is 0 Å². The molecule has 0 atom stereocenters. The minimum absolute atomic E-state index is 0.0326. The first-order valence-electron chi connectivity index (χ1n) is 6.27. The van der Waals surface area contributed by atoms with Crippen molar-refractivity contribution in [1.29, 1.82) is 0 Å². The van der Waals surface area contributed by atoms with Crippen LogP contribution in [0, 0.1) is 5.41 Å². The maximum Gasteiger partial charge on any atom is 0.335 e. The molecule has 1 aliphatic carbocycles. The highest BCUT2D eigenvalue weighted by Gasteiger charge is 2.30. The number of carbonyl (C=O) groups is 2. The van der Waals surface area contributed by atoms with Crippen LogP contribution in [0.2, 0.25) is 0 Å². The molecule has 0 aliphatic heterocycles. The number of carboxylic acid groups (broad SMARTS) is 1. The molecule has 2 rings (SSSR count). The molecule has 1 saturated carbocycles. The van der Waals surface area contributed by atoms with Crippen molar-refractivity contribution >= 4 is 23.2 Å². The molecule has 1 aromatic rings. The Labute approximate surface area is 112 Å². The van der Waals surface area contributed by atoms with E-state index in [0.717, 1.165) is 12.1 Å². The standard InChI is InChI=1S/C15H17NO3/c1-15(2)8-12(7-13(17)9-15)16-11-5-3-10(4-6-11)14(18)19/h3-6H,7-9H2,1-2H3,(H,18,19). The van der Waals surface area contributed by atoms with Crippen molar-refractivity contribution < 1.29 is 14.7 Å². The Morgan fingerprint density at radius 3 is 2.37 bits per heavy atom. The number of hydrogen-bond donors (Lipinski definition) is 1. The molecule has 0 heterocycles. The zero-order chi connectivity index (χ0) is 14.0. The molecule has 1 aromatic carbocycles. The molecular weight excluding hydrogens is 242 g/mol. The molecule has 4 heteroatoms. The first kappa shape index (κ1) is 13.5. The molecule has 0 bridgehead atoms. The third-order valence-corrected chi connectivity index (χ3v) is 3.16. The summed E-state index contributed by atoms with van der Waals surface area (Å²) >= 11 is 0. The van der Waals surface area contributed by atoms with Gasteiger partial charge in [-0.05, 0) is 36.1 Å². The lowest BCUT2D eigenvalue weighted by Gasteiger charge is -2.29. The number of hydrogen-bond acceptors (Lipinski definition) is 3. The van der Waals surface area contributed by atoms with Gasteiger partial charge in [0.25, 0.3) is 0 Å². The summed E-state index contributed by atoms with van der Waals surface area (Å²) in [6, 6.07) is 6.39. The molecule has 0 radical (unpaired) electrons. The maximum absolute atomic E-state index is 11.7. The van der Waals surface area contributed by atoms with Gasteiger partial charge >= 0.3 is 5.97 Å². The molecule has 0 amide bonds. The number of ketones is 1. The van der Waals surface area contributed by atoms with Crippen LogP contribution in [0.1, 0.15) is 43.5 Å². The molecule has 100 valence electrons. The minimum atomic E-state index is -0.951. The van der Waals surface area contributed by atoms with Gasteiger partial charge in [0.15, 0.2) is 0 Å². The van der Waals surface area contributed by atoms with Gasteiger partial charge < -0.3 is 5.11 Å². The van der Waals surface area contributed by atoms with Gasteiger partial charge in [0.05, 0.1) is 11.3 Å². The summed E-state index contributed by atoms with van der Waals surface area (Å²) in [7, 11) is 0. The molecule has 4 nitrogen and oxygen atoms in total.